The molecule has 0 aliphatic carbocycles. The number of ether oxygens (including phenoxy) is 1. The van der Waals surface area contributed by atoms with Gasteiger partial charge in [0.2, 0.25) is 0 Å². The van der Waals surface area contributed by atoms with Crippen LogP contribution in [0.3, 0.4) is 0 Å². The van der Waals surface area contributed by atoms with Crippen LogP contribution in [0.4, 0.5) is 0 Å². The Kier molecular flexibility index (Phi) is 3.67. The minimum absolute atomic E-state index is 0.664. The average molecular weight is 260 g/mol. The van der Waals surface area contributed by atoms with Crippen LogP contribution in [-0.4, -0.2) is 12.2 Å². The molecule has 2 rings (SSSR count). The zero-order valence-corrected chi connectivity index (χ0v) is 12.1. The third kappa shape index (κ3) is 2.38. The van der Waals surface area contributed by atoms with Gasteiger partial charge in [0.05, 0.1) is 7.11 Å². The van der Waals surface area contributed by atoms with Crippen molar-refractivity contribution in [2.45, 2.75) is 33.8 Å². The molecule has 1 unspecified atom stereocenters. The van der Waals surface area contributed by atoms with Crippen LogP contribution >= 0.6 is 0 Å². The minimum Gasteiger partial charge on any atom is -0.497 e. The van der Waals surface area contributed by atoms with E-state index in [1.54, 1.807) is 7.11 Å². The largest absolute Gasteiger partial charge is 0.497 e. The van der Waals surface area contributed by atoms with Gasteiger partial charge in [-0.25, -0.2) is 0 Å². The van der Waals surface area contributed by atoms with Crippen LogP contribution in [0.25, 0.3) is 0 Å². The summed E-state index contributed by atoms with van der Waals surface area (Å²) in [7, 11) is 1.64. The van der Waals surface area contributed by atoms with Crippen molar-refractivity contribution in [2.75, 3.05) is 7.11 Å². The lowest BCUT2D eigenvalue weighted by atomic mass is 9.95. The minimum atomic E-state index is -0.664. The first kappa shape index (κ1) is 13.7. The van der Waals surface area contributed by atoms with E-state index in [2.05, 4.69) is 0 Å². The molecule has 0 aliphatic heterocycles. The summed E-state index contributed by atoms with van der Waals surface area (Å²) in [5.74, 6) is 2.43. The molecule has 1 N–H and O–H groups in total. The highest BCUT2D eigenvalue weighted by Crippen LogP contribution is 2.33. The van der Waals surface area contributed by atoms with Crippen LogP contribution in [0.15, 0.2) is 22.6 Å². The number of aliphatic hydroxyl groups is 1. The molecular weight excluding hydrogens is 240 g/mol. The van der Waals surface area contributed by atoms with E-state index >= 15 is 0 Å². The summed E-state index contributed by atoms with van der Waals surface area (Å²) in [6, 6.07) is 5.69. The van der Waals surface area contributed by atoms with Gasteiger partial charge in [0.25, 0.3) is 0 Å². The predicted molar refractivity (Wildman–Crippen MR) is 74.7 cm³/mol. The van der Waals surface area contributed by atoms with Gasteiger partial charge in [-0.2, -0.15) is 0 Å². The van der Waals surface area contributed by atoms with Gasteiger partial charge in [-0.15, -0.1) is 0 Å². The van der Waals surface area contributed by atoms with E-state index in [-0.39, 0.29) is 0 Å². The number of furan rings is 1. The molecule has 1 atom stereocenters. The third-order valence-corrected chi connectivity index (χ3v) is 3.66. The Bertz CT molecular complexity index is 596. The van der Waals surface area contributed by atoms with E-state index in [9.17, 15) is 5.11 Å². The van der Waals surface area contributed by atoms with Crippen molar-refractivity contribution in [2.24, 2.45) is 0 Å². The number of aliphatic hydroxyl groups excluding tert-OH is 1. The number of aryl methyl sites for hydroxylation is 3. The van der Waals surface area contributed by atoms with Crippen LogP contribution < -0.4 is 4.74 Å². The van der Waals surface area contributed by atoms with E-state index in [0.717, 1.165) is 39.5 Å². The molecule has 0 aliphatic rings. The lowest BCUT2D eigenvalue weighted by Crippen LogP contribution is -2.04. The van der Waals surface area contributed by atoms with Crippen molar-refractivity contribution in [3.8, 4) is 5.75 Å². The second-order valence-corrected chi connectivity index (χ2v) is 4.88. The highest BCUT2D eigenvalue weighted by atomic mass is 16.5. The Labute approximate surface area is 113 Å². The van der Waals surface area contributed by atoms with Gasteiger partial charge in [-0.1, -0.05) is 6.07 Å². The molecule has 19 heavy (non-hydrogen) atoms. The fourth-order valence-corrected chi connectivity index (χ4v) is 2.45. The maximum atomic E-state index is 10.6. The van der Waals surface area contributed by atoms with Crippen molar-refractivity contribution in [1.29, 1.82) is 0 Å². The maximum absolute atomic E-state index is 10.6. The standard InChI is InChI=1S/C16H20O3/c1-9-8-13(18-5)6-7-14(9)16(17)15-10(2)11(3)19-12(15)4/h6-8,16-17H,1-5H3. The summed E-state index contributed by atoms with van der Waals surface area (Å²) in [6.07, 6.45) is -0.664. The molecule has 0 fully saturated rings. The molecule has 3 heteroatoms. The molecule has 2 aromatic rings. The van der Waals surface area contributed by atoms with Crippen LogP contribution in [0.1, 0.15) is 39.9 Å². The first-order valence-corrected chi connectivity index (χ1v) is 6.34. The molecule has 0 saturated heterocycles. The smallest absolute Gasteiger partial charge is 0.119 e. The van der Waals surface area contributed by atoms with E-state index in [4.69, 9.17) is 9.15 Å². The molecule has 0 bridgehead atoms. The summed E-state index contributed by atoms with van der Waals surface area (Å²) < 4.78 is 10.8. The zero-order valence-electron chi connectivity index (χ0n) is 12.1. The zero-order chi connectivity index (χ0) is 14.2. The second-order valence-electron chi connectivity index (χ2n) is 4.88. The first-order chi connectivity index (χ1) is 8.95. The molecule has 0 saturated carbocycles. The van der Waals surface area contributed by atoms with Gasteiger partial charge in [0, 0.05) is 5.56 Å². The third-order valence-electron chi connectivity index (χ3n) is 3.66. The summed E-state index contributed by atoms with van der Waals surface area (Å²) in [5.41, 5.74) is 3.77. The molecule has 102 valence electrons. The Balaban J connectivity index is 2.47. The van der Waals surface area contributed by atoms with Crippen LogP contribution in [0, 0.1) is 27.7 Å². The van der Waals surface area contributed by atoms with Crippen LogP contribution in [0.5, 0.6) is 5.75 Å². The number of methoxy groups -OCH3 is 1. The molecular formula is C16H20O3. The Hall–Kier alpha value is -1.74. The predicted octanol–water partition coefficient (Wildman–Crippen LogP) is 3.60. The van der Waals surface area contributed by atoms with Crippen molar-refractivity contribution < 1.29 is 14.3 Å². The van der Waals surface area contributed by atoms with E-state index in [1.165, 1.54) is 0 Å². The van der Waals surface area contributed by atoms with E-state index < -0.39 is 6.10 Å². The second kappa shape index (κ2) is 5.10. The summed E-state index contributed by atoms with van der Waals surface area (Å²) in [4.78, 5) is 0. The first-order valence-electron chi connectivity index (χ1n) is 6.34. The van der Waals surface area contributed by atoms with Crippen molar-refractivity contribution in [1.82, 2.24) is 0 Å². The number of hydrogen-bond acceptors (Lipinski definition) is 3. The highest BCUT2D eigenvalue weighted by molar-refractivity contribution is 5.44. The summed E-state index contributed by atoms with van der Waals surface area (Å²) in [6.45, 7) is 7.75. The van der Waals surface area contributed by atoms with Crippen molar-refractivity contribution in [3.63, 3.8) is 0 Å². The quantitative estimate of drug-likeness (QED) is 0.916. The maximum Gasteiger partial charge on any atom is 0.119 e. The normalized spacial score (nSPS) is 12.5. The fraction of sp³-hybridized carbons (Fsp3) is 0.375. The Morgan fingerprint density at radius 1 is 1.11 bits per heavy atom. The summed E-state index contributed by atoms with van der Waals surface area (Å²) in [5, 5.41) is 10.6. The number of hydrogen-bond donors (Lipinski definition) is 1. The average Bonchev–Trinajstić information content (AvgIpc) is 2.62. The van der Waals surface area contributed by atoms with E-state index in [1.807, 2.05) is 45.9 Å². The molecule has 1 aromatic heterocycles. The highest BCUT2D eigenvalue weighted by Gasteiger charge is 2.21. The van der Waals surface area contributed by atoms with Crippen LogP contribution in [-0.2, 0) is 0 Å². The van der Waals surface area contributed by atoms with Crippen molar-refractivity contribution >= 4 is 0 Å². The van der Waals surface area contributed by atoms with Gasteiger partial charge >= 0.3 is 0 Å². The monoisotopic (exact) mass is 260 g/mol. The van der Waals surface area contributed by atoms with Gasteiger partial charge in [-0.05, 0) is 56.5 Å². The van der Waals surface area contributed by atoms with Gasteiger partial charge in [-0.3, -0.25) is 0 Å². The molecule has 0 spiro atoms. The number of rotatable bonds is 3. The molecule has 0 radical (unpaired) electrons. The van der Waals surface area contributed by atoms with Crippen molar-refractivity contribution in [3.05, 3.63) is 52.0 Å². The van der Waals surface area contributed by atoms with Gasteiger partial charge in [0.1, 0.15) is 23.4 Å². The Morgan fingerprint density at radius 3 is 2.26 bits per heavy atom. The molecule has 1 heterocycles. The lowest BCUT2D eigenvalue weighted by molar-refractivity contribution is 0.216. The Morgan fingerprint density at radius 2 is 1.79 bits per heavy atom. The topological polar surface area (TPSA) is 42.6 Å². The molecule has 0 amide bonds. The van der Waals surface area contributed by atoms with E-state index in [0.29, 0.717) is 0 Å². The molecule has 3 nitrogen and oxygen atoms in total. The van der Waals surface area contributed by atoms with Crippen LogP contribution in [0.2, 0.25) is 0 Å². The fourth-order valence-electron chi connectivity index (χ4n) is 2.45. The number of benzene rings is 1. The summed E-state index contributed by atoms with van der Waals surface area (Å²) >= 11 is 0. The SMILES string of the molecule is COc1ccc(C(O)c2c(C)oc(C)c2C)c(C)c1. The van der Waals surface area contributed by atoms with Gasteiger partial charge in [0.15, 0.2) is 0 Å². The lowest BCUT2D eigenvalue weighted by Gasteiger charge is -2.15. The molecule has 1 aromatic carbocycles. The van der Waals surface area contributed by atoms with Gasteiger partial charge < -0.3 is 14.3 Å².